The second kappa shape index (κ2) is 12.1. The molecule has 0 aliphatic heterocycles. The van der Waals surface area contributed by atoms with Crippen molar-refractivity contribution in [2.75, 3.05) is 0 Å². The molecule has 4 aromatic rings. The van der Waals surface area contributed by atoms with Gasteiger partial charge in [0.25, 0.3) is 5.91 Å². The van der Waals surface area contributed by atoms with Crippen LogP contribution in [-0.2, 0) is 23.1 Å². The van der Waals surface area contributed by atoms with Crippen molar-refractivity contribution in [1.82, 2.24) is 9.73 Å². The van der Waals surface area contributed by atoms with Gasteiger partial charge < -0.3 is 4.42 Å². The quantitative estimate of drug-likeness (QED) is 0.173. The summed E-state index contributed by atoms with van der Waals surface area (Å²) in [7, 11) is -3.85. The van der Waals surface area contributed by atoms with E-state index >= 15 is 0 Å². The lowest BCUT2D eigenvalue weighted by molar-refractivity contribution is 0.0955. The van der Waals surface area contributed by atoms with Gasteiger partial charge in [-0.1, -0.05) is 64.6 Å². The van der Waals surface area contributed by atoms with Crippen LogP contribution in [0.3, 0.4) is 0 Å². The van der Waals surface area contributed by atoms with E-state index in [1.165, 1.54) is 22.7 Å². The van der Waals surface area contributed by atoms with Crippen LogP contribution in [0.25, 0.3) is 0 Å². The highest BCUT2D eigenvalue weighted by atomic mass is 35.5. The van der Waals surface area contributed by atoms with Crippen molar-refractivity contribution in [1.29, 1.82) is 0 Å². The highest BCUT2D eigenvalue weighted by molar-refractivity contribution is 7.89. The molecule has 0 atom stereocenters. The number of carbonyl (C=O) groups is 1. The zero-order valence-electron chi connectivity index (χ0n) is 20.1. The lowest BCUT2D eigenvalue weighted by atomic mass is 10.2. The maximum atomic E-state index is 13.5. The minimum Gasteiger partial charge on any atom is -0.459 e. The molecule has 0 bridgehead atoms. The van der Waals surface area contributed by atoms with Crippen molar-refractivity contribution in [2.24, 2.45) is 5.10 Å². The van der Waals surface area contributed by atoms with Gasteiger partial charge in [-0.3, -0.25) is 4.79 Å². The maximum absolute atomic E-state index is 13.5. The molecular formula is C27H22Cl3N3O4S. The SMILES string of the molecule is Cc1ccc(S(=O)(=O)N(Cc2ccc(Cl)cc2)Cc2ccc(/C=N\NC(=O)c3ccc(Cl)cc3Cl)o2)cc1. The number of benzene rings is 3. The first kappa shape index (κ1) is 27.9. The second-order valence-electron chi connectivity index (χ2n) is 8.34. The molecule has 0 aliphatic carbocycles. The zero-order chi connectivity index (χ0) is 27.3. The van der Waals surface area contributed by atoms with E-state index in [0.717, 1.165) is 11.1 Å². The van der Waals surface area contributed by atoms with E-state index in [4.69, 9.17) is 39.2 Å². The Labute approximate surface area is 235 Å². The average Bonchev–Trinajstić information content (AvgIpc) is 3.32. The highest BCUT2D eigenvalue weighted by Crippen LogP contribution is 2.24. The van der Waals surface area contributed by atoms with E-state index in [0.29, 0.717) is 21.6 Å². The molecule has 0 saturated heterocycles. The second-order valence-corrected chi connectivity index (χ2v) is 11.6. The first-order valence-electron chi connectivity index (χ1n) is 11.3. The van der Waals surface area contributed by atoms with Crippen LogP contribution in [0.5, 0.6) is 0 Å². The molecular weight excluding hydrogens is 569 g/mol. The summed E-state index contributed by atoms with van der Waals surface area (Å²) >= 11 is 17.9. The summed E-state index contributed by atoms with van der Waals surface area (Å²) in [5, 5.41) is 5.06. The van der Waals surface area contributed by atoms with Crippen LogP contribution >= 0.6 is 34.8 Å². The van der Waals surface area contributed by atoms with Gasteiger partial charge in [0.1, 0.15) is 11.5 Å². The Balaban J connectivity index is 1.50. The number of sulfonamides is 1. The molecule has 1 N–H and O–H groups in total. The standard InChI is InChI=1S/C27H22Cl3N3O4S/c1-18-2-11-24(12-3-18)38(35,36)33(16-19-4-6-20(28)7-5-19)17-23-10-9-22(37-23)15-31-32-27(34)25-13-8-21(29)14-26(25)30/h2-15H,16-17H2,1H3,(H,32,34)/b31-15-. The van der Waals surface area contributed by atoms with Crippen molar-refractivity contribution >= 4 is 56.9 Å². The maximum Gasteiger partial charge on any atom is 0.272 e. The highest BCUT2D eigenvalue weighted by Gasteiger charge is 2.26. The van der Waals surface area contributed by atoms with E-state index < -0.39 is 15.9 Å². The van der Waals surface area contributed by atoms with Crippen LogP contribution in [0.15, 0.2) is 93.3 Å². The number of furan rings is 1. The van der Waals surface area contributed by atoms with Gasteiger partial charge in [0.05, 0.1) is 28.2 Å². The molecule has 4 rings (SSSR count). The normalized spacial score (nSPS) is 11.8. The Morgan fingerprint density at radius 2 is 1.61 bits per heavy atom. The van der Waals surface area contributed by atoms with E-state index in [2.05, 4.69) is 10.5 Å². The Kier molecular flexibility index (Phi) is 8.91. The zero-order valence-corrected chi connectivity index (χ0v) is 23.2. The Hall–Kier alpha value is -3.14. The smallest absolute Gasteiger partial charge is 0.272 e. The molecule has 11 heteroatoms. The largest absolute Gasteiger partial charge is 0.459 e. The molecule has 0 radical (unpaired) electrons. The van der Waals surface area contributed by atoms with Gasteiger partial charge in [0, 0.05) is 16.6 Å². The molecule has 38 heavy (non-hydrogen) atoms. The van der Waals surface area contributed by atoms with Gasteiger partial charge in [-0.15, -0.1) is 0 Å². The first-order valence-corrected chi connectivity index (χ1v) is 13.9. The minimum atomic E-state index is -3.85. The fraction of sp³-hybridized carbons (Fsp3) is 0.111. The molecule has 3 aromatic carbocycles. The van der Waals surface area contributed by atoms with Crippen molar-refractivity contribution in [3.63, 3.8) is 0 Å². The summed E-state index contributed by atoms with van der Waals surface area (Å²) in [5.41, 5.74) is 4.30. The number of amides is 1. The number of halogens is 3. The number of nitrogens with one attached hydrogen (secondary N) is 1. The van der Waals surface area contributed by atoms with Gasteiger partial charge in [0.2, 0.25) is 10.0 Å². The van der Waals surface area contributed by atoms with Gasteiger partial charge in [0.15, 0.2) is 0 Å². The van der Waals surface area contributed by atoms with Crippen molar-refractivity contribution < 1.29 is 17.6 Å². The fourth-order valence-electron chi connectivity index (χ4n) is 3.49. The predicted molar refractivity (Wildman–Crippen MR) is 149 cm³/mol. The Morgan fingerprint density at radius 1 is 0.921 bits per heavy atom. The van der Waals surface area contributed by atoms with Crippen LogP contribution < -0.4 is 5.43 Å². The third-order valence-electron chi connectivity index (χ3n) is 5.48. The summed E-state index contributed by atoms with van der Waals surface area (Å²) in [5.74, 6) is 0.192. The average molecular weight is 591 g/mol. The summed E-state index contributed by atoms with van der Waals surface area (Å²) in [4.78, 5) is 12.5. The van der Waals surface area contributed by atoms with Crippen LogP contribution in [0.2, 0.25) is 15.1 Å². The van der Waals surface area contributed by atoms with E-state index in [1.807, 2.05) is 6.92 Å². The number of rotatable bonds is 9. The molecule has 0 spiro atoms. The molecule has 1 aromatic heterocycles. The van der Waals surface area contributed by atoms with Crippen molar-refractivity contribution in [2.45, 2.75) is 24.9 Å². The molecule has 0 fully saturated rings. The van der Waals surface area contributed by atoms with Crippen LogP contribution in [0.4, 0.5) is 0 Å². The van der Waals surface area contributed by atoms with Gasteiger partial charge >= 0.3 is 0 Å². The molecule has 1 heterocycles. The topological polar surface area (TPSA) is 92.0 Å². The number of hydrazone groups is 1. The monoisotopic (exact) mass is 589 g/mol. The molecule has 7 nitrogen and oxygen atoms in total. The van der Waals surface area contributed by atoms with Gasteiger partial charge in [-0.05, 0) is 67.1 Å². The first-order chi connectivity index (χ1) is 18.1. The van der Waals surface area contributed by atoms with Crippen molar-refractivity contribution in [3.05, 3.63) is 122 Å². The molecule has 0 saturated carbocycles. The number of aryl methyl sites for hydroxylation is 1. The van der Waals surface area contributed by atoms with Crippen LogP contribution in [0, 0.1) is 6.92 Å². The lowest BCUT2D eigenvalue weighted by Gasteiger charge is -2.21. The third-order valence-corrected chi connectivity index (χ3v) is 8.08. The Bertz CT molecular complexity index is 1570. The fourth-order valence-corrected chi connectivity index (χ4v) is 5.50. The third kappa shape index (κ3) is 7.03. The number of carbonyl (C=O) groups excluding carboxylic acids is 1. The number of hydrogen-bond donors (Lipinski definition) is 1. The van der Waals surface area contributed by atoms with E-state index in [9.17, 15) is 13.2 Å². The number of nitrogens with zero attached hydrogens (tertiary/aromatic N) is 2. The van der Waals surface area contributed by atoms with E-state index in [1.54, 1.807) is 66.7 Å². The molecule has 196 valence electrons. The minimum absolute atomic E-state index is 0.0284. The van der Waals surface area contributed by atoms with E-state index in [-0.39, 0.29) is 28.6 Å². The van der Waals surface area contributed by atoms with Gasteiger partial charge in [-0.2, -0.15) is 9.41 Å². The summed E-state index contributed by atoms with van der Waals surface area (Å²) in [6, 6.07) is 21.4. The molecule has 0 unspecified atom stereocenters. The summed E-state index contributed by atoms with van der Waals surface area (Å²) < 4.78 is 34.1. The van der Waals surface area contributed by atoms with Crippen LogP contribution in [0.1, 0.15) is 33.0 Å². The lowest BCUT2D eigenvalue weighted by Crippen LogP contribution is -2.30. The van der Waals surface area contributed by atoms with Crippen LogP contribution in [-0.4, -0.2) is 24.8 Å². The van der Waals surface area contributed by atoms with Gasteiger partial charge in [-0.25, -0.2) is 13.8 Å². The Morgan fingerprint density at radius 3 is 2.29 bits per heavy atom. The molecule has 1 amide bonds. The predicted octanol–water partition coefficient (Wildman–Crippen LogP) is 6.70. The summed E-state index contributed by atoms with van der Waals surface area (Å²) in [6.07, 6.45) is 1.31. The number of hydrogen-bond acceptors (Lipinski definition) is 5. The molecule has 0 aliphatic rings. The summed E-state index contributed by atoms with van der Waals surface area (Å²) in [6.45, 7) is 1.97. The van der Waals surface area contributed by atoms with Crippen molar-refractivity contribution in [3.8, 4) is 0 Å².